The molecule has 0 spiro atoms. The van der Waals surface area contributed by atoms with E-state index in [1.54, 1.807) is 18.2 Å². The normalized spacial score (nSPS) is 12.2. The van der Waals surface area contributed by atoms with Crippen molar-refractivity contribution >= 4 is 33.6 Å². The highest BCUT2D eigenvalue weighted by molar-refractivity contribution is 7.20. The second-order valence-electron chi connectivity index (χ2n) is 3.83. The largest absolute Gasteiger partial charge is 0.453 e. The quantitative estimate of drug-likeness (QED) is 0.700. The van der Waals surface area contributed by atoms with Gasteiger partial charge in [-0.2, -0.15) is 22.8 Å². The van der Waals surface area contributed by atoms with E-state index < -0.39 is 12.0 Å². The molecule has 0 saturated heterocycles. The highest BCUT2D eigenvalue weighted by Gasteiger charge is 2.38. The SMILES string of the molecule is Nc1cccc(Cl)c1-c1nn2c(C(F)(F)F)nnc2s1. The number of alkyl halides is 3. The zero-order chi connectivity index (χ0) is 14.5. The van der Waals surface area contributed by atoms with Crippen LogP contribution in [0, 0.1) is 0 Å². The Morgan fingerprint density at radius 2 is 2.00 bits per heavy atom. The van der Waals surface area contributed by atoms with E-state index in [0.717, 1.165) is 11.3 Å². The number of hydrogen-bond donors (Lipinski definition) is 1. The van der Waals surface area contributed by atoms with Crippen molar-refractivity contribution in [1.29, 1.82) is 0 Å². The van der Waals surface area contributed by atoms with Crippen LogP contribution in [-0.4, -0.2) is 19.8 Å². The summed E-state index contributed by atoms with van der Waals surface area (Å²) in [7, 11) is 0. The van der Waals surface area contributed by atoms with Gasteiger partial charge in [0.05, 0.1) is 10.6 Å². The minimum atomic E-state index is -4.63. The number of benzene rings is 1. The number of halogens is 4. The fourth-order valence-electron chi connectivity index (χ4n) is 1.66. The molecular weight excluding hydrogens is 315 g/mol. The van der Waals surface area contributed by atoms with Crippen molar-refractivity contribution in [2.75, 3.05) is 5.73 Å². The maximum atomic E-state index is 12.7. The van der Waals surface area contributed by atoms with Gasteiger partial charge >= 0.3 is 6.18 Å². The van der Waals surface area contributed by atoms with E-state index in [2.05, 4.69) is 15.3 Å². The van der Waals surface area contributed by atoms with Gasteiger partial charge in [-0.15, -0.1) is 10.2 Å². The molecule has 0 aliphatic carbocycles. The molecule has 0 aliphatic heterocycles. The molecule has 0 aliphatic rings. The Bertz CT molecular complexity index is 774. The molecule has 10 heteroatoms. The Balaban J connectivity index is 2.22. The van der Waals surface area contributed by atoms with Crippen molar-refractivity contribution in [3.63, 3.8) is 0 Å². The summed E-state index contributed by atoms with van der Waals surface area (Å²) < 4.78 is 38.8. The first-order chi connectivity index (χ1) is 9.38. The fraction of sp³-hybridized carbons (Fsp3) is 0.100. The van der Waals surface area contributed by atoms with Crippen LogP contribution in [0.3, 0.4) is 0 Å². The highest BCUT2D eigenvalue weighted by atomic mass is 35.5. The zero-order valence-electron chi connectivity index (χ0n) is 9.52. The first-order valence-electron chi connectivity index (χ1n) is 5.21. The van der Waals surface area contributed by atoms with Gasteiger partial charge in [0, 0.05) is 5.69 Å². The molecule has 0 bridgehead atoms. The molecule has 0 saturated carbocycles. The van der Waals surface area contributed by atoms with Crippen molar-refractivity contribution in [3.8, 4) is 10.6 Å². The Morgan fingerprint density at radius 1 is 1.25 bits per heavy atom. The third kappa shape index (κ3) is 1.98. The van der Waals surface area contributed by atoms with Crippen LogP contribution in [0.5, 0.6) is 0 Å². The van der Waals surface area contributed by atoms with E-state index in [9.17, 15) is 13.2 Å². The molecule has 3 aromatic rings. The molecule has 0 fully saturated rings. The average Bonchev–Trinajstić information content (AvgIpc) is 2.86. The monoisotopic (exact) mass is 319 g/mol. The van der Waals surface area contributed by atoms with Crippen molar-refractivity contribution in [1.82, 2.24) is 19.8 Å². The van der Waals surface area contributed by atoms with Crippen LogP contribution >= 0.6 is 22.9 Å². The lowest BCUT2D eigenvalue weighted by molar-refractivity contribution is -0.146. The molecule has 0 atom stereocenters. The van der Waals surface area contributed by atoms with Crippen molar-refractivity contribution < 1.29 is 13.2 Å². The van der Waals surface area contributed by atoms with E-state index in [4.69, 9.17) is 17.3 Å². The van der Waals surface area contributed by atoms with E-state index in [-0.39, 0.29) is 9.97 Å². The van der Waals surface area contributed by atoms with Gasteiger partial charge in [-0.1, -0.05) is 29.0 Å². The van der Waals surface area contributed by atoms with Crippen LogP contribution in [0.25, 0.3) is 15.5 Å². The third-order valence-electron chi connectivity index (χ3n) is 2.50. The van der Waals surface area contributed by atoms with Gasteiger partial charge in [-0.3, -0.25) is 0 Å². The predicted octanol–water partition coefficient (Wildman–Crippen LogP) is 3.11. The van der Waals surface area contributed by atoms with Gasteiger partial charge in [0.15, 0.2) is 5.01 Å². The lowest BCUT2D eigenvalue weighted by Crippen LogP contribution is -2.11. The molecule has 3 rings (SSSR count). The summed E-state index contributed by atoms with van der Waals surface area (Å²) in [6.45, 7) is 0. The third-order valence-corrected chi connectivity index (χ3v) is 3.74. The number of fused-ring (bicyclic) bond motifs is 1. The number of nitrogen functional groups attached to an aromatic ring is 1. The summed E-state index contributed by atoms with van der Waals surface area (Å²) >= 11 is 6.94. The summed E-state index contributed by atoms with van der Waals surface area (Å²) in [4.78, 5) is 0.0200. The van der Waals surface area contributed by atoms with E-state index in [1.165, 1.54) is 0 Å². The Hall–Kier alpha value is -1.87. The van der Waals surface area contributed by atoms with Crippen LogP contribution in [-0.2, 0) is 6.18 Å². The van der Waals surface area contributed by atoms with Gasteiger partial charge in [0.1, 0.15) is 0 Å². The summed E-state index contributed by atoms with van der Waals surface area (Å²) in [5.41, 5.74) is 6.50. The maximum Gasteiger partial charge on any atom is 0.453 e. The topological polar surface area (TPSA) is 69.1 Å². The van der Waals surface area contributed by atoms with E-state index >= 15 is 0 Å². The van der Waals surface area contributed by atoms with E-state index in [1.807, 2.05) is 0 Å². The lowest BCUT2D eigenvalue weighted by atomic mass is 10.2. The first kappa shape index (κ1) is 13.1. The Kier molecular flexibility index (Phi) is 2.83. The molecule has 20 heavy (non-hydrogen) atoms. The maximum absolute atomic E-state index is 12.7. The van der Waals surface area contributed by atoms with Crippen molar-refractivity contribution in [2.24, 2.45) is 0 Å². The molecule has 2 aromatic heterocycles. The second kappa shape index (κ2) is 4.32. The first-order valence-corrected chi connectivity index (χ1v) is 6.41. The molecule has 0 unspecified atom stereocenters. The van der Waals surface area contributed by atoms with Gasteiger partial charge in [-0.05, 0) is 12.1 Å². The molecule has 1 aromatic carbocycles. The number of nitrogens with two attached hydrogens (primary N) is 1. The molecule has 0 radical (unpaired) electrons. The van der Waals surface area contributed by atoms with Crippen LogP contribution < -0.4 is 5.73 Å². The summed E-state index contributed by atoms with van der Waals surface area (Å²) in [6, 6.07) is 4.82. The number of nitrogens with zero attached hydrogens (tertiary/aromatic N) is 4. The average molecular weight is 320 g/mol. The van der Waals surface area contributed by atoms with Crippen LogP contribution in [0.4, 0.5) is 18.9 Å². The molecule has 2 N–H and O–H groups in total. The van der Waals surface area contributed by atoms with Crippen molar-refractivity contribution in [2.45, 2.75) is 6.18 Å². The van der Waals surface area contributed by atoms with Crippen LogP contribution in [0.2, 0.25) is 5.02 Å². The van der Waals surface area contributed by atoms with Crippen LogP contribution in [0.1, 0.15) is 5.82 Å². The van der Waals surface area contributed by atoms with Gasteiger partial charge < -0.3 is 5.73 Å². The molecule has 0 amide bonds. The number of anilines is 1. The molecular formula is C10H5ClF3N5S. The molecule has 104 valence electrons. The number of aromatic nitrogens is 4. The summed E-state index contributed by atoms with van der Waals surface area (Å²) in [5, 5.41) is 11.0. The minimum Gasteiger partial charge on any atom is -0.398 e. The predicted molar refractivity (Wildman–Crippen MR) is 68.5 cm³/mol. The highest BCUT2D eigenvalue weighted by Crippen LogP contribution is 2.37. The summed E-state index contributed by atoms with van der Waals surface area (Å²) in [5.74, 6) is -1.18. The van der Waals surface area contributed by atoms with Gasteiger partial charge in [0.2, 0.25) is 4.96 Å². The lowest BCUT2D eigenvalue weighted by Gasteiger charge is -2.03. The minimum absolute atomic E-state index is 0.0200. The van der Waals surface area contributed by atoms with Crippen molar-refractivity contribution in [3.05, 3.63) is 29.0 Å². The number of rotatable bonds is 1. The van der Waals surface area contributed by atoms with E-state index in [0.29, 0.717) is 20.8 Å². The van der Waals surface area contributed by atoms with Gasteiger partial charge in [-0.25, -0.2) is 0 Å². The molecule has 5 nitrogen and oxygen atoms in total. The number of hydrogen-bond acceptors (Lipinski definition) is 5. The smallest absolute Gasteiger partial charge is 0.398 e. The Morgan fingerprint density at radius 3 is 2.65 bits per heavy atom. The van der Waals surface area contributed by atoms with Crippen LogP contribution in [0.15, 0.2) is 18.2 Å². The summed E-state index contributed by atoms with van der Waals surface area (Å²) in [6.07, 6.45) is -4.63. The molecule has 2 heterocycles. The Labute approximate surface area is 118 Å². The second-order valence-corrected chi connectivity index (χ2v) is 5.19. The fourth-order valence-corrected chi connectivity index (χ4v) is 2.91. The zero-order valence-corrected chi connectivity index (χ0v) is 11.1. The standard InChI is InChI=1S/C10H5ClF3N5S/c11-4-2-1-3-5(15)6(4)7-18-19-8(10(12,13)14)16-17-9(19)20-7/h1-3H,15H2. The van der Waals surface area contributed by atoms with Gasteiger partial charge in [0.25, 0.3) is 5.82 Å².